The Morgan fingerprint density at radius 3 is 2.73 bits per heavy atom. The summed E-state index contributed by atoms with van der Waals surface area (Å²) in [6.07, 6.45) is 5.92. The van der Waals surface area contributed by atoms with E-state index in [2.05, 4.69) is 10.3 Å². The Balaban J connectivity index is 1.36. The van der Waals surface area contributed by atoms with Gasteiger partial charge in [0.2, 0.25) is 5.91 Å². The van der Waals surface area contributed by atoms with E-state index < -0.39 is 0 Å². The highest BCUT2D eigenvalue weighted by Crippen LogP contribution is 2.22. The molecule has 0 saturated carbocycles. The molecule has 1 aliphatic rings. The van der Waals surface area contributed by atoms with Gasteiger partial charge in [0.15, 0.2) is 0 Å². The van der Waals surface area contributed by atoms with Crippen LogP contribution in [0.4, 0.5) is 5.69 Å². The summed E-state index contributed by atoms with van der Waals surface area (Å²) in [5.74, 6) is -0.163. The molecule has 0 aliphatic carbocycles. The van der Waals surface area contributed by atoms with Crippen LogP contribution in [-0.4, -0.2) is 34.8 Å². The fourth-order valence-corrected chi connectivity index (χ4v) is 3.30. The molecule has 132 valence electrons. The summed E-state index contributed by atoms with van der Waals surface area (Å²) in [4.78, 5) is 31.0. The first-order chi connectivity index (χ1) is 12.7. The average molecular weight is 349 g/mol. The molecule has 3 heterocycles. The van der Waals surface area contributed by atoms with E-state index >= 15 is 0 Å². The van der Waals surface area contributed by atoms with Crippen LogP contribution in [0.3, 0.4) is 0 Å². The van der Waals surface area contributed by atoms with E-state index in [1.54, 1.807) is 17.2 Å². The first-order valence-corrected chi connectivity index (χ1v) is 8.68. The van der Waals surface area contributed by atoms with Crippen LogP contribution in [0.1, 0.15) is 23.2 Å². The lowest BCUT2D eigenvalue weighted by molar-refractivity contribution is -0.121. The fraction of sp³-hybridized carbons (Fsp3) is 0.250. The largest absolute Gasteiger partial charge is 0.472 e. The predicted molar refractivity (Wildman–Crippen MR) is 97.7 cm³/mol. The van der Waals surface area contributed by atoms with E-state index in [9.17, 15) is 9.59 Å². The van der Waals surface area contributed by atoms with Gasteiger partial charge in [0.25, 0.3) is 5.91 Å². The number of furan rings is 1. The molecule has 26 heavy (non-hydrogen) atoms. The molecule has 1 saturated heterocycles. The molecular weight excluding hydrogens is 330 g/mol. The molecule has 1 fully saturated rings. The third kappa shape index (κ3) is 3.31. The number of pyridine rings is 1. The van der Waals surface area contributed by atoms with Crippen LogP contribution in [0.2, 0.25) is 0 Å². The van der Waals surface area contributed by atoms with Gasteiger partial charge in [0.1, 0.15) is 6.26 Å². The van der Waals surface area contributed by atoms with E-state index in [1.807, 2.05) is 30.3 Å². The second kappa shape index (κ2) is 7.00. The minimum absolute atomic E-state index is 0.0162. The number of nitrogens with zero attached hydrogens (tertiary/aromatic N) is 2. The SMILES string of the molecule is O=C(Nc1cnc2ccccc2c1)C1CCN(C(=O)c2ccoc2)CC1. The number of carbonyl (C=O) groups is 2. The van der Waals surface area contributed by atoms with Crippen LogP contribution in [0.15, 0.2) is 59.5 Å². The number of nitrogens with one attached hydrogen (secondary N) is 1. The molecule has 1 aliphatic heterocycles. The Bertz CT molecular complexity index is 928. The molecule has 0 unspecified atom stereocenters. The van der Waals surface area contributed by atoms with Gasteiger partial charge in [0, 0.05) is 24.4 Å². The number of piperidine rings is 1. The third-order valence-electron chi connectivity index (χ3n) is 4.78. The number of carbonyl (C=O) groups excluding carboxylic acids is 2. The van der Waals surface area contributed by atoms with Gasteiger partial charge in [-0.15, -0.1) is 0 Å². The Kier molecular flexibility index (Phi) is 4.39. The van der Waals surface area contributed by atoms with Crippen molar-refractivity contribution in [3.05, 3.63) is 60.7 Å². The van der Waals surface area contributed by atoms with Crippen molar-refractivity contribution in [1.82, 2.24) is 9.88 Å². The summed E-state index contributed by atoms with van der Waals surface area (Å²) in [6, 6.07) is 11.4. The monoisotopic (exact) mass is 349 g/mol. The maximum atomic E-state index is 12.6. The van der Waals surface area contributed by atoms with Gasteiger partial charge in [-0.2, -0.15) is 0 Å². The lowest BCUT2D eigenvalue weighted by atomic mass is 9.95. The van der Waals surface area contributed by atoms with E-state index in [-0.39, 0.29) is 17.7 Å². The third-order valence-corrected chi connectivity index (χ3v) is 4.78. The Labute approximate surface area is 150 Å². The molecule has 3 aromatic rings. The second-order valence-electron chi connectivity index (χ2n) is 6.48. The zero-order valence-corrected chi connectivity index (χ0v) is 14.2. The topological polar surface area (TPSA) is 75.4 Å². The molecule has 1 aromatic carbocycles. The summed E-state index contributed by atoms with van der Waals surface area (Å²) in [5, 5.41) is 3.95. The number of likely N-dealkylation sites (tertiary alicyclic amines) is 1. The van der Waals surface area contributed by atoms with Gasteiger partial charge in [-0.25, -0.2) is 0 Å². The van der Waals surface area contributed by atoms with Gasteiger partial charge in [-0.3, -0.25) is 14.6 Å². The molecule has 0 spiro atoms. The van der Waals surface area contributed by atoms with Gasteiger partial charge < -0.3 is 14.6 Å². The zero-order chi connectivity index (χ0) is 17.9. The minimum Gasteiger partial charge on any atom is -0.472 e. The number of amides is 2. The van der Waals surface area contributed by atoms with Crippen molar-refractivity contribution < 1.29 is 14.0 Å². The summed E-state index contributed by atoms with van der Waals surface area (Å²) in [5.41, 5.74) is 2.15. The van der Waals surface area contributed by atoms with Gasteiger partial charge in [-0.05, 0) is 31.0 Å². The summed E-state index contributed by atoms with van der Waals surface area (Å²) >= 11 is 0. The molecule has 2 amide bonds. The number of benzene rings is 1. The Morgan fingerprint density at radius 2 is 1.96 bits per heavy atom. The average Bonchev–Trinajstić information content (AvgIpc) is 3.22. The second-order valence-corrected chi connectivity index (χ2v) is 6.48. The number of fused-ring (bicyclic) bond motifs is 1. The number of hydrogen-bond acceptors (Lipinski definition) is 4. The quantitative estimate of drug-likeness (QED) is 0.787. The lowest BCUT2D eigenvalue weighted by Crippen LogP contribution is -2.41. The van der Waals surface area contributed by atoms with Crippen LogP contribution >= 0.6 is 0 Å². The molecule has 0 atom stereocenters. The minimum atomic E-state index is -0.102. The predicted octanol–water partition coefficient (Wildman–Crippen LogP) is 3.32. The van der Waals surface area contributed by atoms with Crippen molar-refractivity contribution >= 4 is 28.4 Å². The summed E-state index contributed by atoms with van der Waals surface area (Å²) < 4.78 is 4.97. The first kappa shape index (κ1) is 16.3. The van der Waals surface area contributed by atoms with Crippen molar-refractivity contribution in [2.45, 2.75) is 12.8 Å². The maximum absolute atomic E-state index is 12.6. The van der Waals surface area contributed by atoms with Crippen LogP contribution in [0, 0.1) is 5.92 Å². The van der Waals surface area contributed by atoms with Crippen LogP contribution in [0.5, 0.6) is 0 Å². The first-order valence-electron chi connectivity index (χ1n) is 8.68. The molecule has 6 nitrogen and oxygen atoms in total. The Morgan fingerprint density at radius 1 is 1.15 bits per heavy atom. The van der Waals surface area contributed by atoms with Crippen LogP contribution < -0.4 is 5.32 Å². The molecular formula is C20H19N3O3. The van der Waals surface area contributed by atoms with Crippen molar-refractivity contribution in [2.24, 2.45) is 5.92 Å². The van der Waals surface area contributed by atoms with E-state index in [4.69, 9.17) is 4.42 Å². The van der Waals surface area contributed by atoms with E-state index in [0.717, 1.165) is 10.9 Å². The fourth-order valence-electron chi connectivity index (χ4n) is 3.30. The molecule has 2 aromatic heterocycles. The van der Waals surface area contributed by atoms with Crippen molar-refractivity contribution in [1.29, 1.82) is 0 Å². The van der Waals surface area contributed by atoms with Crippen LogP contribution in [0.25, 0.3) is 10.9 Å². The molecule has 1 N–H and O–H groups in total. The Hall–Kier alpha value is -3.15. The van der Waals surface area contributed by atoms with Crippen molar-refractivity contribution in [3.63, 3.8) is 0 Å². The highest BCUT2D eigenvalue weighted by molar-refractivity contribution is 5.96. The van der Waals surface area contributed by atoms with Gasteiger partial charge in [-0.1, -0.05) is 18.2 Å². The smallest absolute Gasteiger partial charge is 0.257 e. The van der Waals surface area contributed by atoms with Crippen molar-refractivity contribution in [2.75, 3.05) is 18.4 Å². The summed E-state index contributed by atoms with van der Waals surface area (Å²) in [6.45, 7) is 1.14. The van der Waals surface area contributed by atoms with E-state index in [0.29, 0.717) is 37.2 Å². The van der Waals surface area contributed by atoms with Gasteiger partial charge >= 0.3 is 0 Å². The standard InChI is InChI=1S/C20H19N3O3/c24-19(22-17-11-15-3-1-2-4-18(15)21-12-17)14-5-8-23(9-6-14)20(25)16-7-10-26-13-16/h1-4,7,10-14H,5-6,8-9H2,(H,22,24). The molecule has 0 radical (unpaired) electrons. The lowest BCUT2D eigenvalue weighted by Gasteiger charge is -2.31. The molecule has 4 rings (SSSR count). The zero-order valence-electron chi connectivity index (χ0n) is 14.2. The normalized spacial score (nSPS) is 15.2. The summed E-state index contributed by atoms with van der Waals surface area (Å²) in [7, 11) is 0. The number of rotatable bonds is 3. The number of hydrogen-bond donors (Lipinski definition) is 1. The number of anilines is 1. The highest BCUT2D eigenvalue weighted by atomic mass is 16.3. The van der Waals surface area contributed by atoms with E-state index in [1.165, 1.54) is 12.5 Å². The van der Waals surface area contributed by atoms with Crippen molar-refractivity contribution in [3.8, 4) is 0 Å². The maximum Gasteiger partial charge on any atom is 0.257 e. The molecule has 6 heteroatoms. The number of para-hydroxylation sites is 1. The van der Waals surface area contributed by atoms with Gasteiger partial charge in [0.05, 0.1) is 29.2 Å². The molecule has 0 bridgehead atoms. The van der Waals surface area contributed by atoms with Crippen LogP contribution in [-0.2, 0) is 4.79 Å². The highest BCUT2D eigenvalue weighted by Gasteiger charge is 2.28. The number of aromatic nitrogens is 1.